The van der Waals surface area contributed by atoms with Crippen LogP contribution in [-0.2, 0) is 6.42 Å². The summed E-state index contributed by atoms with van der Waals surface area (Å²) in [5, 5.41) is 0. The van der Waals surface area contributed by atoms with Gasteiger partial charge in [0, 0.05) is 12.6 Å². The van der Waals surface area contributed by atoms with Gasteiger partial charge in [-0.3, -0.25) is 0 Å². The van der Waals surface area contributed by atoms with E-state index in [9.17, 15) is 0 Å². The first-order valence-electron chi connectivity index (χ1n) is 6.77. The minimum atomic E-state index is 0.156. The summed E-state index contributed by atoms with van der Waals surface area (Å²) >= 11 is 0. The number of hydrogen-bond donors (Lipinski definition) is 1. The molecule has 1 unspecified atom stereocenters. The lowest BCUT2D eigenvalue weighted by atomic mass is 10.0. The lowest BCUT2D eigenvalue weighted by Crippen LogP contribution is -2.23. The van der Waals surface area contributed by atoms with E-state index in [2.05, 4.69) is 17.9 Å². The van der Waals surface area contributed by atoms with Crippen LogP contribution in [0.3, 0.4) is 0 Å². The molecule has 1 rings (SSSR count). The summed E-state index contributed by atoms with van der Waals surface area (Å²) in [7, 11) is 5.72. The minimum absolute atomic E-state index is 0.156. The molecule has 0 saturated heterocycles. The van der Waals surface area contributed by atoms with Crippen LogP contribution in [0.2, 0.25) is 0 Å². The van der Waals surface area contributed by atoms with E-state index in [1.54, 1.807) is 7.11 Å². The molecule has 4 nitrogen and oxygen atoms in total. The Morgan fingerprint density at radius 2 is 2.05 bits per heavy atom. The molecule has 2 N–H and O–H groups in total. The lowest BCUT2D eigenvalue weighted by Gasteiger charge is -2.18. The normalized spacial score (nSPS) is 12.5. The third kappa shape index (κ3) is 5.09. The van der Waals surface area contributed by atoms with Crippen molar-refractivity contribution in [1.82, 2.24) is 4.90 Å². The van der Waals surface area contributed by atoms with Gasteiger partial charge in [-0.15, -0.1) is 0 Å². The SMILES string of the molecule is CCC(N)Cc1cccc(OC)c1OCCN(C)C. The van der Waals surface area contributed by atoms with E-state index in [-0.39, 0.29) is 6.04 Å². The molecular formula is C15H26N2O2. The number of likely N-dealkylation sites (N-methyl/N-ethyl adjacent to an activating group) is 1. The molecule has 108 valence electrons. The molecule has 1 aromatic carbocycles. The highest BCUT2D eigenvalue weighted by Crippen LogP contribution is 2.31. The lowest BCUT2D eigenvalue weighted by molar-refractivity contribution is 0.248. The molecule has 1 aromatic rings. The Bertz CT molecular complexity index is 380. The Kier molecular flexibility index (Phi) is 6.67. The molecule has 0 amide bonds. The van der Waals surface area contributed by atoms with Gasteiger partial charge in [0.15, 0.2) is 11.5 Å². The van der Waals surface area contributed by atoms with E-state index in [0.29, 0.717) is 6.61 Å². The maximum atomic E-state index is 6.04. The maximum absolute atomic E-state index is 6.04. The minimum Gasteiger partial charge on any atom is -0.493 e. The van der Waals surface area contributed by atoms with E-state index >= 15 is 0 Å². The van der Waals surface area contributed by atoms with Gasteiger partial charge < -0.3 is 20.1 Å². The van der Waals surface area contributed by atoms with Crippen molar-refractivity contribution >= 4 is 0 Å². The molecule has 19 heavy (non-hydrogen) atoms. The Morgan fingerprint density at radius 3 is 2.63 bits per heavy atom. The van der Waals surface area contributed by atoms with Crippen LogP contribution in [0.15, 0.2) is 18.2 Å². The summed E-state index contributed by atoms with van der Waals surface area (Å²) in [5.41, 5.74) is 7.16. The van der Waals surface area contributed by atoms with Crippen molar-refractivity contribution in [3.05, 3.63) is 23.8 Å². The van der Waals surface area contributed by atoms with Crippen molar-refractivity contribution in [2.75, 3.05) is 34.4 Å². The molecule has 0 fully saturated rings. The van der Waals surface area contributed by atoms with Gasteiger partial charge in [-0.25, -0.2) is 0 Å². The summed E-state index contributed by atoms with van der Waals surface area (Å²) in [6, 6.07) is 6.12. The third-order valence-electron chi connectivity index (χ3n) is 3.07. The van der Waals surface area contributed by atoms with Crippen molar-refractivity contribution in [2.24, 2.45) is 5.73 Å². The van der Waals surface area contributed by atoms with E-state index in [1.165, 1.54) is 0 Å². The zero-order valence-electron chi connectivity index (χ0n) is 12.5. The zero-order chi connectivity index (χ0) is 14.3. The Balaban J connectivity index is 2.83. The molecule has 1 atom stereocenters. The first-order chi connectivity index (χ1) is 9.08. The number of ether oxygens (including phenoxy) is 2. The van der Waals surface area contributed by atoms with E-state index in [4.69, 9.17) is 15.2 Å². The van der Waals surface area contributed by atoms with Crippen molar-refractivity contribution in [2.45, 2.75) is 25.8 Å². The largest absolute Gasteiger partial charge is 0.493 e. The van der Waals surface area contributed by atoms with E-state index in [1.807, 2.05) is 26.2 Å². The number of nitrogens with zero attached hydrogens (tertiary/aromatic N) is 1. The van der Waals surface area contributed by atoms with Crippen LogP contribution >= 0.6 is 0 Å². The number of hydrogen-bond acceptors (Lipinski definition) is 4. The highest BCUT2D eigenvalue weighted by Gasteiger charge is 2.13. The third-order valence-corrected chi connectivity index (χ3v) is 3.07. The van der Waals surface area contributed by atoms with E-state index in [0.717, 1.165) is 36.4 Å². The standard InChI is InChI=1S/C15H26N2O2/c1-5-13(16)11-12-7-6-8-14(18-4)15(12)19-10-9-17(2)3/h6-8,13H,5,9-11,16H2,1-4H3. The second-order valence-electron chi connectivity index (χ2n) is 4.97. The topological polar surface area (TPSA) is 47.7 Å². The van der Waals surface area contributed by atoms with Gasteiger partial charge in [-0.2, -0.15) is 0 Å². The molecule has 0 saturated carbocycles. The fourth-order valence-corrected chi connectivity index (χ4v) is 1.80. The molecule has 0 spiro atoms. The number of nitrogens with two attached hydrogens (primary N) is 1. The smallest absolute Gasteiger partial charge is 0.164 e. The highest BCUT2D eigenvalue weighted by atomic mass is 16.5. The maximum Gasteiger partial charge on any atom is 0.164 e. The molecule has 0 bridgehead atoms. The van der Waals surface area contributed by atoms with Gasteiger partial charge in [-0.05, 0) is 38.6 Å². The molecule has 0 heterocycles. The van der Waals surface area contributed by atoms with Gasteiger partial charge >= 0.3 is 0 Å². The van der Waals surface area contributed by atoms with Crippen molar-refractivity contribution in [1.29, 1.82) is 0 Å². The van der Waals surface area contributed by atoms with Crippen molar-refractivity contribution < 1.29 is 9.47 Å². The van der Waals surface area contributed by atoms with Gasteiger partial charge in [0.1, 0.15) is 6.61 Å². The molecule has 0 aliphatic carbocycles. The van der Waals surface area contributed by atoms with Crippen molar-refractivity contribution in [3.63, 3.8) is 0 Å². The zero-order valence-corrected chi connectivity index (χ0v) is 12.5. The monoisotopic (exact) mass is 266 g/mol. The molecule has 4 heteroatoms. The van der Waals surface area contributed by atoms with Gasteiger partial charge in [0.2, 0.25) is 0 Å². The first-order valence-corrected chi connectivity index (χ1v) is 6.77. The average molecular weight is 266 g/mol. The van der Waals surface area contributed by atoms with Gasteiger partial charge in [0.05, 0.1) is 7.11 Å². The average Bonchev–Trinajstić information content (AvgIpc) is 2.39. The summed E-state index contributed by atoms with van der Waals surface area (Å²) in [5.74, 6) is 1.61. The Hall–Kier alpha value is -1.26. The summed E-state index contributed by atoms with van der Waals surface area (Å²) in [4.78, 5) is 2.09. The fraction of sp³-hybridized carbons (Fsp3) is 0.600. The van der Waals surface area contributed by atoms with Gasteiger partial charge in [0.25, 0.3) is 0 Å². The number of benzene rings is 1. The number of methoxy groups -OCH3 is 1. The second kappa shape index (κ2) is 8.02. The Morgan fingerprint density at radius 1 is 1.32 bits per heavy atom. The van der Waals surface area contributed by atoms with Crippen LogP contribution in [0.4, 0.5) is 0 Å². The quantitative estimate of drug-likeness (QED) is 0.781. The molecule has 0 radical (unpaired) electrons. The van der Waals surface area contributed by atoms with Crippen LogP contribution in [0.1, 0.15) is 18.9 Å². The van der Waals surface area contributed by atoms with Crippen LogP contribution in [0, 0.1) is 0 Å². The number of para-hydroxylation sites is 1. The predicted molar refractivity (Wildman–Crippen MR) is 79.0 cm³/mol. The summed E-state index contributed by atoms with van der Waals surface area (Å²) < 4.78 is 11.3. The highest BCUT2D eigenvalue weighted by molar-refractivity contribution is 5.47. The Labute approximate surface area is 116 Å². The first kappa shape index (κ1) is 15.8. The molecule has 0 aliphatic heterocycles. The van der Waals surface area contributed by atoms with Gasteiger partial charge in [-0.1, -0.05) is 19.1 Å². The number of rotatable bonds is 8. The predicted octanol–water partition coefficient (Wildman–Crippen LogP) is 1.92. The van der Waals surface area contributed by atoms with Crippen LogP contribution < -0.4 is 15.2 Å². The van der Waals surface area contributed by atoms with Crippen LogP contribution in [0.5, 0.6) is 11.5 Å². The summed E-state index contributed by atoms with van der Waals surface area (Å²) in [6.45, 7) is 3.61. The fourth-order valence-electron chi connectivity index (χ4n) is 1.80. The molecular weight excluding hydrogens is 240 g/mol. The molecule has 0 aromatic heterocycles. The molecule has 0 aliphatic rings. The van der Waals surface area contributed by atoms with E-state index < -0.39 is 0 Å². The summed E-state index contributed by atoms with van der Waals surface area (Å²) in [6.07, 6.45) is 1.76. The van der Waals surface area contributed by atoms with Crippen molar-refractivity contribution in [3.8, 4) is 11.5 Å². The van der Waals surface area contributed by atoms with Crippen LogP contribution in [-0.4, -0.2) is 45.3 Å². The second-order valence-corrected chi connectivity index (χ2v) is 4.97. The van der Waals surface area contributed by atoms with Crippen LogP contribution in [0.25, 0.3) is 0 Å².